The number of nitrogens with zero attached hydrogens (tertiary/aromatic N) is 3. The molecule has 2 heterocycles. The van der Waals surface area contributed by atoms with E-state index in [2.05, 4.69) is 15.5 Å². The Balaban J connectivity index is 1.61. The maximum Gasteiger partial charge on any atom is 0.261 e. The summed E-state index contributed by atoms with van der Waals surface area (Å²) in [7, 11) is 0. The van der Waals surface area contributed by atoms with E-state index in [-0.39, 0.29) is 5.91 Å². The van der Waals surface area contributed by atoms with E-state index in [0.717, 1.165) is 27.3 Å². The van der Waals surface area contributed by atoms with Gasteiger partial charge in [0.25, 0.3) is 5.91 Å². The summed E-state index contributed by atoms with van der Waals surface area (Å²) in [4.78, 5) is 12.9. The Morgan fingerprint density at radius 3 is 3.05 bits per heavy atom. The molecule has 0 spiro atoms. The number of aryl methyl sites for hydroxylation is 1. The lowest BCUT2D eigenvalue weighted by molar-refractivity contribution is 0.0958. The van der Waals surface area contributed by atoms with Crippen LogP contribution in [0.1, 0.15) is 22.4 Å². The summed E-state index contributed by atoms with van der Waals surface area (Å²) in [5.41, 5.74) is 0. The lowest BCUT2D eigenvalue weighted by Gasteiger charge is -2.04. The van der Waals surface area contributed by atoms with Gasteiger partial charge in [0, 0.05) is 24.2 Å². The summed E-state index contributed by atoms with van der Waals surface area (Å²) >= 11 is 1.52. The third kappa shape index (κ3) is 2.95. The molecule has 0 fully saturated rings. The molecular weight excluding hydrogens is 284 g/mol. The van der Waals surface area contributed by atoms with Crippen molar-refractivity contribution in [2.75, 3.05) is 6.54 Å². The van der Waals surface area contributed by atoms with Gasteiger partial charge in [-0.05, 0) is 24.4 Å². The number of aromatic nitrogens is 3. The molecule has 1 amide bonds. The monoisotopic (exact) mass is 300 g/mol. The molecule has 0 bridgehead atoms. The van der Waals surface area contributed by atoms with E-state index in [4.69, 9.17) is 0 Å². The number of nitrogens with one attached hydrogen (secondary N) is 1. The number of hydrogen-bond acceptors (Lipinski definition) is 4. The van der Waals surface area contributed by atoms with Crippen LogP contribution < -0.4 is 5.32 Å². The highest BCUT2D eigenvalue weighted by Crippen LogP contribution is 2.24. The molecule has 3 aromatic rings. The molecule has 5 nitrogen and oxygen atoms in total. The van der Waals surface area contributed by atoms with Crippen LogP contribution in [0.2, 0.25) is 0 Å². The molecule has 0 aliphatic rings. The minimum atomic E-state index is -0.0289. The molecule has 0 saturated heterocycles. The lowest BCUT2D eigenvalue weighted by atomic mass is 10.2. The van der Waals surface area contributed by atoms with Crippen LogP contribution >= 0.6 is 11.3 Å². The first-order valence-corrected chi connectivity index (χ1v) is 7.73. The van der Waals surface area contributed by atoms with Crippen LogP contribution in [-0.4, -0.2) is 27.2 Å². The number of carbonyl (C=O) groups is 1. The van der Waals surface area contributed by atoms with Crippen LogP contribution in [0, 0.1) is 0 Å². The van der Waals surface area contributed by atoms with Gasteiger partial charge in [-0.2, -0.15) is 0 Å². The maximum atomic E-state index is 12.2. The first kappa shape index (κ1) is 13.8. The normalized spacial score (nSPS) is 10.9. The van der Waals surface area contributed by atoms with E-state index >= 15 is 0 Å². The summed E-state index contributed by atoms with van der Waals surface area (Å²) in [5, 5.41) is 12.0. The van der Waals surface area contributed by atoms with Crippen molar-refractivity contribution in [2.24, 2.45) is 0 Å². The highest BCUT2D eigenvalue weighted by Gasteiger charge is 2.10. The van der Waals surface area contributed by atoms with Crippen molar-refractivity contribution >= 4 is 27.3 Å². The van der Waals surface area contributed by atoms with Gasteiger partial charge in [-0.1, -0.05) is 18.2 Å². The standard InChI is InChI=1S/C15H16N4OS/c1-2-19-10-17-18-14(19)7-8-16-15(20)13-9-11-5-3-4-6-12(11)21-13/h3-6,9-10H,2,7-8H2,1H3,(H,16,20). The van der Waals surface area contributed by atoms with Crippen molar-refractivity contribution in [1.29, 1.82) is 0 Å². The molecule has 108 valence electrons. The summed E-state index contributed by atoms with van der Waals surface area (Å²) in [6.45, 7) is 3.45. The van der Waals surface area contributed by atoms with Crippen LogP contribution in [0.15, 0.2) is 36.7 Å². The van der Waals surface area contributed by atoms with Gasteiger partial charge in [-0.3, -0.25) is 4.79 Å². The highest BCUT2D eigenvalue weighted by atomic mass is 32.1. The molecule has 0 unspecified atom stereocenters. The fourth-order valence-electron chi connectivity index (χ4n) is 2.21. The van der Waals surface area contributed by atoms with E-state index in [1.165, 1.54) is 11.3 Å². The van der Waals surface area contributed by atoms with Gasteiger partial charge in [0.05, 0.1) is 4.88 Å². The van der Waals surface area contributed by atoms with Gasteiger partial charge in [0.15, 0.2) is 0 Å². The number of amides is 1. The van der Waals surface area contributed by atoms with E-state index < -0.39 is 0 Å². The third-order valence-corrected chi connectivity index (χ3v) is 4.43. The maximum absolute atomic E-state index is 12.2. The van der Waals surface area contributed by atoms with Crippen molar-refractivity contribution in [1.82, 2.24) is 20.1 Å². The second-order valence-corrected chi connectivity index (χ2v) is 5.77. The third-order valence-electron chi connectivity index (χ3n) is 3.32. The molecule has 0 aliphatic carbocycles. The SMILES string of the molecule is CCn1cnnc1CCNC(=O)c1cc2ccccc2s1. The van der Waals surface area contributed by atoms with Crippen LogP contribution in [0.5, 0.6) is 0 Å². The van der Waals surface area contributed by atoms with E-state index in [0.29, 0.717) is 13.0 Å². The molecule has 0 radical (unpaired) electrons. The van der Waals surface area contributed by atoms with E-state index in [1.54, 1.807) is 6.33 Å². The van der Waals surface area contributed by atoms with Crippen LogP contribution in [0.3, 0.4) is 0 Å². The molecular formula is C15H16N4OS. The van der Waals surface area contributed by atoms with Crippen LogP contribution in [-0.2, 0) is 13.0 Å². The Morgan fingerprint density at radius 1 is 1.38 bits per heavy atom. The minimum absolute atomic E-state index is 0.0289. The van der Waals surface area contributed by atoms with Crippen LogP contribution in [0.25, 0.3) is 10.1 Å². The summed E-state index contributed by atoms with van der Waals surface area (Å²) < 4.78 is 3.11. The Labute approximate surface area is 126 Å². The first-order valence-electron chi connectivity index (χ1n) is 6.91. The Kier molecular flexibility index (Phi) is 3.96. The van der Waals surface area contributed by atoms with Gasteiger partial charge in [-0.25, -0.2) is 0 Å². The average Bonchev–Trinajstić information content (AvgIpc) is 3.13. The molecule has 1 aromatic carbocycles. The molecule has 0 atom stereocenters. The van der Waals surface area contributed by atoms with Crippen molar-refractivity contribution in [3.63, 3.8) is 0 Å². The number of carbonyl (C=O) groups excluding carboxylic acids is 1. The second-order valence-electron chi connectivity index (χ2n) is 4.69. The molecule has 0 saturated carbocycles. The number of benzene rings is 1. The lowest BCUT2D eigenvalue weighted by Crippen LogP contribution is -2.25. The Bertz CT molecular complexity index is 729. The number of thiophene rings is 1. The van der Waals surface area contributed by atoms with Crippen molar-refractivity contribution in [3.8, 4) is 0 Å². The molecule has 2 aromatic heterocycles. The first-order chi connectivity index (χ1) is 10.3. The van der Waals surface area contributed by atoms with Gasteiger partial charge in [-0.15, -0.1) is 21.5 Å². The van der Waals surface area contributed by atoms with Crippen molar-refractivity contribution in [2.45, 2.75) is 19.9 Å². The fourth-order valence-corrected chi connectivity index (χ4v) is 3.18. The quantitative estimate of drug-likeness (QED) is 0.787. The molecule has 0 aliphatic heterocycles. The van der Waals surface area contributed by atoms with Crippen molar-refractivity contribution in [3.05, 3.63) is 47.4 Å². The minimum Gasteiger partial charge on any atom is -0.351 e. The topological polar surface area (TPSA) is 59.8 Å². The van der Waals surface area contributed by atoms with E-state index in [1.807, 2.05) is 41.8 Å². The molecule has 3 rings (SSSR count). The summed E-state index contributed by atoms with van der Waals surface area (Å²) in [6.07, 6.45) is 2.40. The Hall–Kier alpha value is -2.21. The zero-order chi connectivity index (χ0) is 14.7. The zero-order valence-corrected chi connectivity index (χ0v) is 12.6. The predicted molar refractivity (Wildman–Crippen MR) is 83.6 cm³/mol. The van der Waals surface area contributed by atoms with E-state index in [9.17, 15) is 4.79 Å². The number of hydrogen-bond donors (Lipinski definition) is 1. The van der Waals surface area contributed by atoms with Crippen molar-refractivity contribution < 1.29 is 4.79 Å². The Morgan fingerprint density at radius 2 is 2.24 bits per heavy atom. The highest BCUT2D eigenvalue weighted by molar-refractivity contribution is 7.20. The van der Waals surface area contributed by atoms with Gasteiger partial charge < -0.3 is 9.88 Å². The average molecular weight is 300 g/mol. The fraction of sp³-hybridized carbons (Fsp3) is 0.267. The second kappa shape index (κ2) is 6.05. The molecule has 1 N–H and O–H groups in total. The van der Waals surface area contributed by atoms with Gasteiger partial charge in [0.2, 0.25) is 0 Å². The molecule has 6 heteroatoms. The van der Waals surface area contributed by atoms with Crippen LogP contribution in [0.4, 0.5) is 0 Å². The van der Waals surface area contributed by atoms with Gasteiger partial charge in [0.1, 0.15) is 12.2 Å². The molecule has 21 heavy (non-hydrogen) atoms. The predicted octanol–water partition coefficient (Wildman–Crippen LogP) is 2.49. The zero-order valence-electron chi connectivity index (χ0n) is 11.7. The smallest absolute Gasteiger partial charge is 0.261 e. The number of fused-ring (bicyclic) bond motifs is 1. The number of rotatable bonds is 5. The summed E-state index contributed by atoms with van der Waals surface area (Å²) in [5.74, 6) is 0.868. The summed E-state index contributed by atoms with van der Waals surface area (Å²) in [6, 6.07) is 9.95. The largest absolute Gasteiger partial charge is 0.351 e. The van der Waals surface area contributed by atoms with Gasteiger partial charge >= 0.3 is 0 Å².